The summed E-state index contributed by atoms with van der Waals surface area (Å²) in [6.45, 7) is 10.9. The Hall–Kier alpha value is 0.398. The van der Waals surface area contributed by atoms with E-state index in [1.165, 1.54) is 23.5 Å². The molecule has 0 amide bonds. The molecule has 2 aliphatic heterocycles. The van der Waals surface area contributed by atoms with E-state index in [4.69, 9.17) is 9.47 Å². The van der Waals surface area contributed by atoms with Gasteiger partial charge in [-0.05, 0) is 0 Å². The summed E-state index contributed by atoms with van der Waals surface area (Å²) < 4.78 is 10.7. The molecule has 2 aliphatic rings. The minimum atomic E-state index is 0.546. The van der Waals surface area contributed by atoms with Crippen molar-refractivity contribution >= 4 is 15.8 Å². The summed E-state index contributed by atoms with van der Waals surface area (Å²) in [5.41, 5.74) is 0. The molecule has 2 heterocycles. The molecule has 2 saturated heterocycles. The summed E-state index contributed by atoms with van der Waals surface area (Å²) in [7, 11) is 0. The van der Waals surface area contributed by atoms with E-state index in [2.05, 4.69) is 9.80 Å². The van der Waals surface area contributed by atoms with Gasteiger partial charge < -0.3 is 0 Å². The monoisotopic (exact) mass is 303 g/mol. The molecule has 0 aromatic rings. The van der Waals surface area contributed by atoms with Crippen molar-refractivity contribution in [3.05, 3.63) is 0 Å². The maximum absolute atomic E-state index is 5.35. The van der Waals surface area contributed by atoms with Gasteiger partial charge in [-0.3, -0.25) is 0 Å². The number of ether oxygens (including phenoxy) is 2. The van der Waals surface area contributed by atoms with Gasteiger partial charge in [-0.15, -0.1) is 0 Å². The Bertz CT molecular complexity index is 175. The molecule has 0 spiro atoms. The molecular weight excluding hydrogens is 279 g/mol. The second-order valence-electron chi connectivity index (χ2n) is 4.58. The van der Waals surface area contributed by atoms with Crippen LogP contribution in [0.25, 0.3) is 0 Å². The van der Waals surface area contributed by atoms with Gasteiger partial charge in [0.2, 0.25) is 0 Å². The van der Waals surface area contributed by atoms with Crippen molar-refractivity contribution in [3.8, 4) is 0 Å². The molecule has 0 saturated carbocycles. The van der Waals surface area contributed by atoms with Gasteiger partial charge in [0, 0.05) is 0 Å². The average Bonchev–Trinajstić information content (AvgIpc) is 2.41. The summed E-state index contributed by atoms with van der Waals surface area (Å²) in [5.74, 6) is 0. The van der Waals surface area contributed by atoms with Crippen molar-refractivity contribution in [2.24, 2.45) is 0 Å². The molecule has 17 heavy (non-hydrogen) atoms. The van der Waals surface area contributed by atoms with Crippen LogP contribution in [-0.2, 0) is 9.47 Å². The van der Waals surface area contributed by atoms with Gasteiger partial charge in [0.05, 0.1) is 0 Å². The van der Waals surface area contributed by atoms with E-state index >= 15 is 0 Å². The Morgan fingerprint density at radius 2 is 1.12 bits per heavy atom. The number of nitrogens with zero attached hydrogens (tertiary/aromatic N) is 2. The summed E-state index contributed by atoms with van der Waals surface area (Å²) >= 11 is 0.546. The predicted octanol–water partition coefficient (Wildman–Crippen LogP) is 0.192. The molecule has 1 radical (unpaired) electrons. The Kier molecular flexibility index (Phi) is 6.90. The first-order valence-corrected chi connectivity index (χ1v) is 9.34. The Morgan fingerprint density at radius 1 is 0.706 bits per heavy atom. The first-order valence-electron chi connectivity index (χ1n) is 6.68. The van der Waals surface area contributed by atoms with Crippen LogP contribution in [0.15, 0.2) is 0 Å². The van der Waals surface area contributed by atoms with E-state index in [-0.39, 0.29) is 0 Å². The Morgan fingerprint density at radius 3 is 1.53 bits per heavy atom. The van der Waals surface area contributed by atoms with Gasteiger partial charge >= 0.3 is 111 Å². The van der Waals surface area contributed by atoms with Gasteiger partial charge in [0.15, 0.2) is 0 Å². The molecule has 0 atom stereocenters. The normalized spacial score (nSPS) is 24.0. The zero-order chi connectivity index (χ0) is 11.8. The first-order chi connectivity index (χ1) is 8.45. The molecule has 5 heteroatoms. The van der Waals surface area contributed by atoms with Crippen LogP contribution in [-0.4, -0.2) is 91.2 Å². The summed E-state index contributed by atoms with van der Waals surface area (Å²) in [5, 5.41) is 2.86. The number of hydrogen-bond acceptors (Lipinski definition) is 4. The first kappa shape index (κ1) is 13.8. The second kappa shape index (κ2) is 8.49. The molecule has 0 aliphatic carbocycles. The molecule has 0 unspecified atom stereocenters. The van der Waals surface area contributed by atoms with Gasteiger partial charge in [-0.2, -0.15) is 0 Å². The van der Waals surface area contributed by atoms with E-state index in [9.17, 15) is 0 Å². The fraction of sp³-hybridized carbons (Fsp3) is 1.00. The van der Waals surface area contributed by atoms with Crippen LogP contribution in [0.1, 0.15) is 0 Å². The molecule has 99 valence electrons. The van der Waals surface area contributed by atoms with Crippen molar-refractivity contribution in [3.63, 3.8) is 0 Å². The van der Waals surface area contributed by atoms with Crippen molar-refractivity contribution < 1.29 is 9.47 Å². The van der Waals surface area contributed by atoms with E-state index in [0.717, 1.165) is 52.6 Å². The summed E-state index contributed by atoms with van der Waals surface area (Å²) in [6.07, 6.45) is 0. The quantitative estimate of drug-likeness (QED) is 0.517. The fourth-order valence-corrected chi connectivity index (χ4v) is 4.44. The van der Waals surface area contributed by atoms with Crippen LogP contribution in [0.4, 0.5) is 0 Å². The minimum absolute atomic E-state index is 0.546. The predicted molar refractivity (Wildman–Crippen MR) is 69.9 cm³/mol. The van der Waals surface area contributed by atoms with E-state index in [0.29, 0.717) is 15.8 Å². The third-order valence-corrected chi connectivity index (χ3v) is 5.52. The zero-order valence-corrected chi connectivity index (χ0v) is 12.5. The number of rotatable bonds is 6. The van der Waals surface area contributed by atoms with Crippen molar-refractivity contribution in [1.82, 2.24) is 9.80 Å². The van der Waals surface area contributed by atoms with E-state index in [1.54, 1.807) is 0 Å². The van der Waals surface area contributed by atoms with Gasteiger partial charge in [0.25, 0.3) is 0 Å². The van der Waals surface area contributed by atoms with Crippen molar-refractivity contribution in [1.29, 1.82) is 0 Å². The van der Waals surface area contributed by atoms with Crippen LogP contribution < -0.4 is 0 Å². The van der Waals surface area contributed by atoms with Crippen LogP contribution in [0.2, 0.25) is 10.4 Å². The molecule has 0 bridgehead atoms. The molecule has 4 nitrogen and oxygen atoms in total. The molecule has 0 aromatic carbocycles. The fourth-order valence-electron chi connectivity index (χ4n) is 2.19. The molecule has 2 rings (SSSR count). The van der Waals surface area contributed by atoms with Gasteiger partial charge in [0.1, 0.15) is 0 Å². The number of morpholine rings is 2. The molecule has 0 N–H and O–H groups in total. The zero-order valence-electron chi connectivity index (χ0n) is 10.6. The molecule has 0 aromatic heterocycles. The third kappa shape index (κ3) is 5.71. The van der Waals surface area contributed by atoms with Crippen LogP contribution in [0, 0.1) is 0 Å². The Balaban J connectivity index is 1.42. The van der Waals surface area contributed by atoms with Gasteiger partial charge in [-0.25, -0.2) is 0 Å². The van der Waals surface area contributed by atoms with Crippen LogP contribution in [0.3, 0.4) is 0 Å². The maximum atomic E-state index is 5.35. The summed E-state index contributed by atoms with van der Waals surface area (Å²) in [4.78, 5) is 5.10. The molecular formula is C12H24AsN2O2. The average molecular weight is 303 g/mol. The standard InChI is InChI=1S/C12H24AsN2O2/c1(3-14-5-9-16-10-6-14)13-2-4-15-7-11-17-12-8-15/h1-12H2. The van der Waals surface area contributed by atoms with E-state index in [1.807, 2.05) is 0 Å². The third-order valence-electron chi connectivity index (χ3n) is 3.36. The van der Waals surface area contributed by atoms with E-state index < -0.39 is 0 Å². The Labute approximate surface area is 111 Å². The second-order valence-corrected chi connectivity index (χ2v) is 7.39. The van der Waals surface area contributed by atoms with Crippen LogP contribution in [0.5, 0.6) is 0 Å². The SMILES string of the molecule is C1CN(CC[As]CCN2CCOCC2)CCO1. The van der Waals surface area contributed by atoms with Crippen LogP contribution >= 0.6 is 0 Å². The summed E-state index contributed by atoms with van der Waals surface area (Å²) in [6, 6.07) is 0. The molecule has 2 fully saturated rings. The van der Waals surface area contributed by atoms with Crippen molar-refractivity contribution in [2.75, 3.05) is 65.7 Å². The van der Waals surface area contributed by atoms with Crippen molar-refractivity contribution in [2.45, 2.75) is 10.4 Å². The number of hydrogen-bond donors (Lipinski definition) is 0. The van der Waals surface area contributed by atoms with Gasteiger partial charge in [-0.1, -0.05) is 0 Å². The topological polar surface area (TPSA) is 24.9 Å².